The molecule has 5 rings (SSSR count). The molecule has 0 radical (unpaired) electrons. The minimum Gasteiger partial charge on any atom is -0.660 e. The molecule has 4 aromatic rings. The Morgan fingerprint density at radius 1 is 0.677 bits per heavy atom. The molecule has 0 unspecified atom stereocenters. The minimum absolute atomic E-state index is 0.827. The van der Waals surface area contributed by atoms with Gasteiger partial charge in [-0.3, -0.25) is 15.0 Å². The van der Waals surface area contributed by atoms with Crippen LogP contribution in [0.1, 0.15) is 17.7 Å². The Morgan fingerprint density at radius 3 is 1.81 bits per heavy atom. The number of pyridine rings is 3. The first-order valence-electron chi connectivity index (χ1n) is 10.6. The van der Waals surface area contributed by atoms with Crippen molar-refractivity contribution in [2.45, 2.75) is 6.42 Å². The summed E-state index contributed by atoms with van der Waals surface area (Å²) in [5.41, 5.74) is 6.58. The summed E-state index contributed by atoms with van der Waals surface area (Å²) in [6, 6.07) is 29.0. The highest BCUT2D eigenvalue weighted by Crippen LogP contribution is 2.41. The summed E-state index contributed by atoms with van der Waals surface area (Å²) in [4.78, 5) is 14.6. The Kier molecular flexibility index (Phi) is 5.18. The van der Waals surface area contributed by atoms with Gasteiger partial charge >= 0.3 is 6.35 Å². The molecule has 5 heteroatoms. The van der Waals surface area contributed by atoms with Gasteiger partial charge < -0.3 is 4.28 Å². The van der Waals surface area contributed by atoms with Crippen LogP contribution >= 0.6 is 0 Å². The van der Waals surface area contributed by atoms with Crippen molar-refractivity contribution in [2.24, 2.45) is 0 Å². The lowest BCUT2D eigenvalue weighted by molar-refractivity contribution is 0.0575. The van der Waals surface area contributed by atoms with E-state index in [2.05, 4.69) is 78.1 Å². The van der Waals surface area contributed by atoms with E-state index in [0.29, 0.717) is 0 Å². The fourth-order valence-corrected chi connectivity index (χ4v) is 4.94. The molecule has 1 aliphatic rings. The number of aromatic nitrogens is 3. The molecule has 0 aliphatic carbocycles. The van der Waals surface area contributed by atoms with Crippen molar-refractivity contribution >= 4 is 28.6 Å². The monoisotopic (exact) mass is 405 g/mol. The largest absolute Gasteiger partial charge is 0.660 e. The number of rotatable bonds is 4. The van der Waals surface area contributed by atoms with E-state index in [9.17, 15) is 0 Å². The van der Waals surface area contributed by atoms with E-state index >= 15 is 0 Å². The van der Waals surface area contributed by atoms with Crippen LogP contribution in [0, 0.1) is 0 Å². The van der Waals surface area contributed by atoms with Crippen molar-refractivity contribution in [3.63, 3.8) is 0 Å². The van der Waals surface area contributed by atoms with E-state index in [1.165, 1.54) is 16.6 Å². The predicted molar refractivity (Wildman–Crippen MR) is 127 cm³/mol. The fraction of sp³-hybridized carbons (Fsp3) is 0.115. The summed E-state index contributed by atoms with van der Waals surface area (Å²) in [6.45, 7) is 0.827. The molecule has 152 valence electrons. The zero-order valence-corrected chi connectivity index (χ0v) is 17.6. The predicted octanol–water partition coefficient (Wildman–Crippen LogP) is 3.67. The van der Waals surface area contributed by atoms with Gasteiger partial charge in [0.05, 0.1) is 7.11 Å². The summed E-state index contributed by atoms with van der Waals surface area (Å²) in [6.07, 6.45) is 4.83. The Bertz CT molecular complexity index is 1140. The molecule has 0 spiro atoms. The van der Waals surface area contributed by atoms with E-state index in [4.69, 9.17) is 15.0 Å². The summed E-state index contributed by atoms with van der Waals surface area (Å²) in [7, 11) is 2.11. The second-order valence-corrected chi connectivity index (χ2v) is 7.91. The van der Waals surface area contributed by atoms with E-state index < -0.39 is 6.35 Å². The molecule has 4 heterocycles. The van der Waals surface area contributed by atoms with E-state index in [1.54, 1.807) is 0 Å². The molecule has 0 amide bonds. The lowest BCUT2D eigenvalue weighted by atomic mass is 9.28. The van der Waals surface area contributed by atoms with Gasteiger partial charge in [-0.15, -0.1) is 0 Å². The zero-order chi connectivity index (χ0) is 21.1. The third-order valence-corrected chi connectivity index (χ3v) is 6.28. The van der Waals surface area contributed by atoms with Crippen LogP contribution in [0.25, 0.3) is 11.0 Å². The van der Waals surface area contributed by atoms with Crippen LogP contribution in [0.3, 0.4) is 0 Å². The van der Waals surface area contributed by atoms with Gasteiger partial charge in [0.25, 0.3) is 0 Å². The highest BCUT2D eigenvalue weighted by atomic mass is 16.6. The second kappa shape index (κ2) is 8.28. The molecule has 0 saturated heterocycles. The summed E-state index contributed by atoms with van der Waals surface area (Å²) < 4.78 is 3.46. The van der Waals surface area contributed by atoms with Crippen molar-refractivity contribution in [3.8, 4) is 0 Å². The standard InChI is InChI=1S/C26H24BN3O/c1-31-20-16-22(21-11-3-2-4-12-21)26(23-13-5-8-17-28-23)27(31,24-14-6-9-18-29-24)25-15-7-10-19-30-25/h2-15,17-19H,16,20H2,1H3. The van der Waals surface area contributed by atoms with Crippen LogP contribution in [0.15, 0.2) is 104 Å². The van der Waals surface area contributed by atoms with Gasteiger partial charge in [-0.1, -0.05) is 71.7 Å². The fourth-order valence-electron chi connectivity index (χ4n) is 4.94. The topological polar surface area (TPSA) is 41.4 Å². The van der Waals surface area contributed by atoms with Gasteiger partial charge in [0.2, 0.25) is 0 Å². The summed E-state index contributed by atoms with van der Waals surface area (Å²) in [5.74, 6) is 0. The zero-order valence-electron chi connectivity index (χ0n) is 17.6. The molecular weight excluding hydrogens is 381 g/mol. The van der Waals surface area contributed by atoms with Crippen LogP contribution in [-0.2, 0) is 4.28 Å². The first-order valence-corrected chi connectivity index (χ1v) is 10.6. The Morgan fingerprint density at radius 2 is 1.26 bits per heavy atom. The Labute approximate surface area is 183 Å². The molecule has 0 atom stereocenters. The maximum absolute atomic E-state index is 4.87. The number of hydrogen-bond donors (Lipinski definition) is 0. The Hall–Kier alpha value is -3.57. The maximum Gasteiger partial charge on any atom is 0.413 e. The van der Waals surface area contributed by atoms with Crippen molar-refractivity contribution in [3.05, 3.63) is 115 Å². The van der Waals surface area contributed by atoms with Gasteiger partial charge in [0.15, 0.2) is 0 Å². The van der Waals surface area contributed by atoms with Crippen molar-refractivity contribution in [2.75, 3.05) is 13.7 Å². The van der Waals surface area contributed by atoms with Crippen LogP contribution in [0.5, 0.6) is 0 Å². The first kappa shape index (κ1) is 19.4. The van der Waals surface area contributed by atoms with Gasteiger partial charge in [-0.2, -0.15) is 0 Å². The normalized spacial score (nSPS) is 16.3. The lowest BCUT2D eigenvalue weighted by Gasteiger charge is -2.50. The van der Waals surface area contributed by atoms with Crippen LogP contribution in [-0.4, -0.2) is 35.0 Å². The van der Waals surface area contributed by atoms with Gasteiger partial charge in [0, 0.05) is 30.7 Å². The highest BCUT2D eigenvalue weighted by molar-refractivity contribution is 7.11. The molecule has 3 aromatic heterocycles. The van der Waals surface area contributed by atoms with Crippen LogP contribution < -0.4 is 11.2 Å². The molecule has 31 heavy (non-hydrogen) atoms. The summed E-state index contributed by atoms with van der Waals surface area (Å²) in [5, 5.41) is 0. The maximum atomic E-state index is 4.87. The van der Waals surface area contributed by atoms with Gasteiger partial charge in [-0.25, -0.2) is 0 Å². The third kappa shape index (κ3) is 3.27. The van der Waals surface area contributed by atoms with Crippen molar-refractivity contribution in [1.82, 2.24) is 15.0 Å². The molecule has 0 bridgehead atoms. The molecule has 1 aromatic carbocycles. The third-order valence-electron chi connectivity index (χ3n) is 6.28. The van der Waals surface area contributed by atoms with Gasteiger partial charge in [-0.05, 0) is 41.0 Å². The minimum atomic E-state index is -1.67. The van der Waals surface area contributed by atoms with E-state index in [-0.39, 0.29) is 0 Å². The highest BCUT2D eigenvalue weighted by Gasteiger charge is 2.52. The quantitative estimate of drug-likeness (QED) is 0.384. The number of hydrogen-bond acceptors (Lipinski definition) is 3. The van der Waals surface area contributed by atoms with Gasteiger partial charge in [0.1, 0.15) is 6.61 Å². The van der Waals surface area contributed by atoms with Crippen LogP contribution in [0.4, 0.5) is 0 Å². The van der Waals surface area contributed by atoms with E-state index in [1.807, 2.05) is 36.8 Å². The lowest BCUT2D eigenvalue weighted by Crippen LogP contribution is -2.69. The first-order chi connectivity index (χ1) is 15.3. The number of benzene rings is 1. The van der Waals surface area contributed by atoms with Crippen molar-refractivity contribution < 1.29 is 4.28 Å². The van der Waals surface area contributed by atoms with Crippen LogP contribution in [0.2, 0.25) is 0 Å². The molecule has 0 saturated carbocycles. The second-order valence-electron chi connectivity index (χ2n) is 7.91. The smallest absolute Gasteiger partial charge is 0.413 e. The van der Waals surface area contributed by atoms with E-state index in [0.717, 1.165) is 29.9 Å². The number of nitrogens with zero attached hydrogens (tertiary/aromatic N) is 3. The SMILES string of the molecule is C[O+]1CCC(c2ccccc2)=C(c2ccccn2)[B-]1(c1ccccn1)c1ccccn1. The summed E-state index contributed by atoms with van der Waals surface area (Å²) >= 11 is 0. The Balaban J connectivity index is 1.93. The molecular formula is C26H24BN3O. The molecule has 0 fully saturated rings. The van der Waals surface area contributed by atoms with Crippen molar-refractivity contribution in [1.29, 1.82) is 0 Å². The molecule has 1 aliphatic heterocycles. The molecule has 0 N–H and O–H groups in total. The average molecular weight is 405 g/mol. The molecule has 4 nitrogen and oxygen atoms in total. The average Bonchev–Trinajstić information content (AvgIpc) is 2.86.